The van der Waals surface area contributed by atoms with Gasteiger partial charge in [0.1, 0.15) is 18.2 Å². The van der Waals surface area contributed by atoms with E-state index in [9.17, 15) is 24.9 Å². The predicted molar refractivity (Wildman–Crippen MR) is 175 cm³/mol. The van der Waals surface area contributed by atoms with Gasteiger partial charge in [-0.3, -0.25) is 24.4 Å². The van der Waals surface area contributed by atoms with Gasteiger partial charge in [0.05, 0.1) is 12.1 Å². The fraction of sp³-hybridized carbons (Fsp3) is 0.472. The van der Waals surface area contributed by atoms with Crippen molar-refractivity contribution in [1.29, 1.82) is 0 Å². The molecule has 2 aromatic carbocycles. The summed E-state index contributed by atoms with van der Waals surface area (Å²) in [7, 11) is 0. The molecule has 1 aliphatic carbocycles. The number of pyridine rings is 1. The second-order valence-electron chi connectivity index (χ2n) is 13.7. The first kappa shape index (κ1) is 33.7. The minimum atomic E-state index is -1.17. The van der Waals surface area contributed by atoms with Crippen molar-refractivity contribution in [1.82, 2.24) is 25.4 Å². The van der Waals surface area contributed by atoms with Crippen LogP contribution in [0, 0.1) is 5.92 Å². The number of hydrogen-bond donors (Lipinski definition) is 5. The van der Waals surface area contributed by atoms with Crippen molar-refractivity contribution in [3.05, 3.63) is 101 Å². The molecule has 0 bridgehead atoms. The van der Waals surface area contributed by atoms with Gasteiger partial charge in [-0.25, -0.2) is 0 Å². The lowest BCUT2D eigenvalue weighted by Crippen LogP contribution is -2.61. The highest BCUT2D eigenvalue weighted by Gasteiger charge is 2.41. The molecule has 5 N–H and O–H groups in total. The number of piperazine rings is 1. The molecule has 2 aliphatic rings. The summed E-state index contributed by atoms with van der Waals surface area (Å²) in [5.74, 6) is -1.01. The highest BCUT2D eigenvalue weighted by Crippen LogP contribution is 2.39. The normalized spacial score (nSPS) is 23.3. The number of aliphatic hydroxyl groups is 3. The van der Waals surface area contributed by atoms with Gasteiger partial charge in [0.25, 0.3) is 0 Å². The van der Waals surface area contributed by atoms with Crippen LogP contribution < -0.4 is 10.6 Å². The Hall–Kier alpha value is -3.67. The molecule has 1 saturated heterocycles. The molecule has 1 fully saturated rings. The van der Waals surface area contributed by atoms with Gasteiger partial charge in [0, 0.05) is 56.6 Å². The monoisotopic (exact) mass is 629 g/mol. The second-order valence-corrected chi connectivity index (χ2v) is 13.7. The van der Waals surface area contributed by atoms with Crippen molar-refractivity contribution in [3.63, 3.8) is 0 Å². The van der Waals surface area contributed by atoms with Crippen molar-refractivity contribution < 1.29 is 24.9 Å². The molecule has 10 nitrogen and oxygen atoms in total. The first-order chi connectivity index (χ1) is 22.0. The summed E-state index contributed by atoms with van der Waals surface area (Å²) >= 11 is 0. The van der Waals surface area contributed by atoms with Crippen LogP contribution in [0.5, 0.6) is 0 Å². The fourth-order valence-corrected chi connectivity index (χ4v) is 6.59. The SMILES string of the molecule is CC(C)(C)NC(=O)[C@@H]1CN(Cc2cccnc2)CCN1C[C@@H](O)C[C@H](Cc1ccccc1)C(=O)N[C@H]1c2ccccc2[C@H](O)[C@H]1O. The maximum absolute atomic E-state index is 13.8. The Morgan fingerprint density at radius 2 is 1.65 bits per heavy atom. The number of nitrogens with zero attached hydrogens (tertiary/aromatic N) is 3. The molecular formula is C36H47N5O5. The molecule has 46 heavy (non-hydrogen) atoms. The lowest BCUT2D eigenvalue weighted by Gasteiger charge is -2.42. The molecule has 10 heteroatoms. The fourth-order valence-electron chi connectivity index (χ4n) is 6.59. The molecule has 0 unspecified atom stereocenters. The molecule has 3 aromatic rings. The van der Waals surface area contributed by atoms with Crippen molar-refractivity contribution in [3.8, 4) is 0 Å². The van der Waals surface area contributed by atoms with E-state index in [2.05, 4.69) is 20.5 Å². The minimum absolute atomic E-state index is 0.0957. The average Bonchev–Trinajstić information content (AvgIpc) is 3.26. The summed E-state index contributed by atoms with van der Waals surface area (Å²) in [5, 5.41) is 39.0. The van der Waals surface area contributed by atoms with E-state index in [-0.39, 0.29) is 24.8 Å². The van der Waals surface area contributed by atoms with Gasteiger partial charge >= 0.3 is 0 Å². The van der Waals surface area contributed by atoms with Crippen molar-refractivity contribution >= 4 is 11.8 Å². The molecule has 246 valence electrons. The van der Waals surface area contributed by atoms with Gasteiger partial charge in [0.2, 0.25) is 11.8 Å². The largest absolute Gasteiger partial charge is 0.392 e. The summed E-state index contributed by atoms with van der Waals surface area (Å²) < 4.78 is 0. The van der Waals surface area contributed by atoms with Gasteiger partial charge in [-0.2, -0.15) is 0 Å². The van der Waals surface area contributed by atoms with Gasteiger partial charge < -0.3 is 26.0 Å². The number of amides is 2. The highest BCUT2D eigenvalue weighted by molar-refractivity contribution is 5.83. The number of carbonyl (C=O) groups excluding carboxylic acids is 2. The zero-order chi connectivity index (χ0) is 32.8. The Balaban J connectivity index is 1.30. The molecule has 2 heterocycles. The number of fused-ring (bicyclic) bond motifs is 1. The third kappa shape index (κ3) is 8.57. The van der Waals surface area contributed by atoms with E-state index in [1.54, 1.807) is 24.4 Å². The van der Waals surface area contributed by atoms with E-state index in [0.717, 1.165) is 17.7 Å². The van der Waals surface area contributed by atoms with Crippen LogP contribution in [-0.2, 0) is 22.6 Å². The summed E-state index contributed by atoms with van der Waals surface area (Å²) in [6, 6.07) is 19.5. The van der Waals surface area contributed by atoms with E-state index in [1.807, 2.05) is 80.4 Å². The number of aliphatic hydroxyl groups excluding tert-OH is 3. The van der Waals surface area contributed by atoms with Gasteiger partial charge in [-0.15, -0.1) is 0 Å². The first-order valence-electron chi connectivity index (χ1n) is 16.1. The highest BCUT2D eigenvalue weighted by atomic mass is 16.3. The zero-order valence-electron chi connectivity index (χ0n) is 26.9. The Bertz CT molecular complexity index is 1450. The van der Waals surface area contributed by atoms with E-state index in [0.29, 0.717) is 37.2 Å². The van der Waals surface area contributed by atoms with Crippen LogP contribution in [0.1, 0.15) is 61.6 Å². The van der Waals surface area contributed by atoms with E-state index in [1.165, 1.54) is 0 Å². The van der Waals surface area contributed by atoms with E-state index < -0.39 is 41.9 Å². The maximum Gasteiger partial charge on any atom is 0.239 e. The van der Waals surface area contributed by atoms with Crippen LogP contribution in [0.15, 0.2) is 79.1 Å². The third-order valence-corrected chi connectivity index (χ3v) is 8.82. The molecule has 2 amide bonds. The van der Waals surface area contributed by atoms with Crippen LogP contribution in [0.25, 0.3) is 0 Å². The number of aromatic nitrogens is 1. The number of nitrogens with one attached hydrogen (secondary N) is 2. The molecular weight excluding hydrogens is 582 g/mol. The number of benzene rings is 2. The van der Waals surface area contributed by atoms with Crippen LogP contribution in [0.2, 0.25) is 0 Å². The quantitative estimate of drug-likeness (QED) is 0.218. The smallest absolute Gasteiger partial charge is 0.239 e. The average molecular weight is 630 g/mol. The van der Waals surface area contributed by atoms with Crippen molar-refractivity contribution in [2.24, 2.45) is 5.92 Å². The zero-order valence-corrected chi connectivity index (χ0v) is 26.9. The molecule has 0 radical (unpaired) electrons. The number of hydrogen-bond acceptors (Lipinski definition) is 8. The van der Waals surface area contributed by atoms with E-state index >= 15 is 0 Å². The Morgan fingerprint density at radius 1 is 0.957 bits per heavy atom. The summed E-state index contributed by atoms with van der Waals surface area (Å²) in [5.41, 5.74) is 2.90. The van der Waals surface area contributed by atoms with Crippen molar-refractivity contribution in [2.75, 3.05) is 26.2 Å². The first-order valence-corrected chi connectivity index (χ1v) is 16.1. The Labute approximate surface area is 271 Å². The third-order valence-electron chi connectivity index (χ3n) is 8.82. The van der Waals surface area contributed by atoms with Gasteiger partial charge in [-0.1, -0.05) is 60.7 Å². The molecule has 0 saturated carbocycles. The standard InChI is InChI=1S/C36H47N5O5/c1-36(2,3)39-35(46)30-23-40(21-25-12-9-15-37-20-25)16-17-41(30)22-27(42)19-26(18-24-10-5-4-6-11-24)34(45)38-31-28-13-7-8-14-29(28)32(43)33(31)44/h4-15,20,26-27,30-33,42-44H,16-19,21-23H2,1-3H3,(H,38,45)(H,39,46)/t26-,27-,30-,31-,32-,33-/m0/s1. The maximum atomic E-state index is 13.8. The molecule has 1 aliphatic heterocycles. The minimum Gasteiger partial charge on any atom is -0.392 e. The molecule has 6 atom stereocenters. The summed E-state index contributed by atoms with van der Waals surface area (Å²) in [4.78, 5) is 35.9. The summed E-state index contributed by atoms with van der Waals surface area (Å²) in [6.45, 7) is 8.55. The lowest BCUT2D eigenvalue weighted by atomic mass is 9.91. The van der Waals surface area contributed by atoms with Crippen LogP contribution in [0.4, 0.5) is 0 Å². The van der Waals surface area contributed by atoms with Crippen LogP contribution in [-0.4, -0.2) is 91.9 Å². The molecule has 1 aromatic heterocycles. The Morgan fingerprint density at radius 3 is 2.35 bits per heavy atom. The molecule has 0 spiro atoms. The van der Waals surface area contributed by atoms with Gasteiger partial charge in [0.15, 0.2) is 0 Å². The Kier molecular flexibility index (Phi) is 10.9. The topological polar surface area (TPSA) is 138 Å². The molecule has 5 rings (SSSR count). The number of β-amino-alcohol motifs (C(OH)–C–C–N with tert-alkyl or cyclic N) is 1. The lowest BCUT2D eigenvalue weighted by molar-refractivity contribution is -0.132. The number of rotatable bonds is 11. The van der Waals surface area contributed by atoms with Crippen LogP contribution >= 0.6 is 0 Å². The second kappa shape index (κ2) is 14.8. The van der Waals surface area contributed by atoms with Gasteiger partial charge in [-0.05, 0) is 61.9 Å². The van der Waals surface area contributed by atoms with Crippen molar-refractivity contribution in [2.45, 2.75) is 76.1 Å². The van der Waals surface area contributed by atoms with Crippen LogP contribution in [0.3, 0.4) is 0 Å². The van der Waals surface area contributed by atoms with E-state index in [4.69, 9.17) is 0 Å². The summed E-state index contributed by atoms with van der Waals surface area (Å²) in [6.07, 6.45) is 0.983. The number of carbonyl (C=O) groups is 2. The predicted octanol–water partition coefficient (Wildman–Crippen LogP) is 2.36.